The van der Waals surface area contributed by atoms with Gasteiger partial charge in [0.2, 0.25) is 10.0 Å². The predicted molar refractivity (Wildman–Crippen MR) is 80.2 cm³/mol. The average molecular weight is 298 g/mol. The molecule has 1 heterocycles. The van der Waals surface area contributed by atoms with Gasteiger partial charge in [0, 0.05) is 24.3 Å². The van der Waals surface area contributed by atoms with Crippen LogP contribution in [0.2, 0.25) is 0 Å². The predicted octanol–water partition coefficient (Wildman–Crippen LogP) is 1.85. The maximum absolute atomic E-state index is 12.3. The van der Waals surface area contributed by atoms with E-state index in [-0.39, 0.29) is 18.4 Å². The molecule has 1 fully saturated rings. The second-order valence-electron chi connectivity index (χ2n) is 5.19. The molecular weight excluding hydrogens is 276 g/mol. The molecule has 2 N–H and O–H groups in total. The van der Waals surface area contributed by atoms with Crippen LogP contribution in [0.25, 0.3) is 0 Å². The van der Waals surface area contributed by atoms with Crippen molar-refractivity contribution in [2.75, 3.05) is 24.6 Å². The number of sulfonamides is 1. The Labute approximate surface area is 120 Å². The van der Waals surface area contributed by atoms with Crippen molar-refractivity contribution in [1.29, 1.82) is 0 Å². The molecule has 1 aromatic carbocycles. The van der Waals surface area contributed by atoms with E-state index in [1.807, 2.05) is 6.92 Å². The molecule has 6 heteroatoms. The molecule has 0 amide bonds. The van der Waals surface area contributed by atoms with E-state index >= 15 is 0 Å². The summed E-state index contributed by atoms with van der Waals surface area (Å²) in [6.07, 6.45) is 2.99. The van der Waals surface area contributed by atoms with Gasteiger partial charge in [0.05, 0.1) is 5.75 Å². The molecule has 1 saturated heterocycles. The van der Waals surface area contributed by atoms with E-state index in [1.54, 1.807) is 28.6 Å². The van der Waals surface area contributed by atoms with Crippen LogP contribution in [0.1, 0.15) is 26.2 Å². The summed E-state index contributed by atoms with van der Waals surface area (Å²) < 4.78 is 31.6. The summed E-state index contributed by atoms with van der Waals surface area (Å²) in [6, 6.07) is 7.11. The molecule has 5 nitrogen and oxygen atoms in total. The number of rotatable bonds is 5. The lowest BCUT2D eigenvalue weighted by Gasteiger charge is -2.32. The molecule has 1 aliphatic rings. The molecule has 112 valence electrons. The van der Waals surface area contributed by atoms with Crippen molar-refractivity contribution < 1.29 is 13.2 Å². The highest BCUT2D eigenvalue weighted by Gasteiger charge is 2.29. The first-order valence-electron chi connectivity index (χ1n) is 6.97. The molecule has 1 aromatic rings. The standard InChI is InChI=1S/C14H22N2O3S/c1-12-5-2-3-8-16(12)20(17,18)10-9-19-14-7-4-6-13(15)11-14/h4,6-7,11-12H,2-3,5,8-10,15H2,1H3. The van der Waals surface area contributed by atoms with Gasteiger partial charge in [-0.25, -0.2) is 8.42 Å². The second-order valence-corrected chi connectivity index (χ2v) is 7.23. The van der Waals surface area contributed by atoms with Gasteiger partial charge in [-0.1, -0.05) is 12.5 Å². The van der Waals surface area contributed by atoms with Crippen molar-refractivity contribution in [2.24, 2.45) is 0 Å². The number of nitrogens with two attached hydrogens (primary N) is 1. The van der Waals surface area contributed by atoms with Crippen molar-refractivity contribution in [2.45, 2.75) is 32.2 Å². The van der Waals surface area contributed by atoms with Crippen LogP contribution >= 0.6 is 0 Å². The first kappa shape index (κ1) is 15.1. The van der Waals surface area contributed by atoms with Gasteiger partial charge in [0.15, 0.2) is 0 Å². The van der Waals surface area contributed by atoms with Crippen molar-refractivity contribution in [1.82, 2.24) is 4.31 Å². The number of nitrogens with zero attached hydrogens (tertiary/aromatic N) is 1. The minimum atomic E-state index is -3.24. The SMILES string of the molecule is CC1CCCCN1S(=O)(=O)CCOc1cccc(N)c1. The Morgan fingerprint density at radius 3 is 2.90 bits per heavy atom. The Bertz CT molecular complexity index is 545. The third kappa shape index (κ3) is 3.86. The van der Waals surface area contributed by atoms with E-state index in [9.17, 15) is 8.42 Å². The fraction of sp³-hybridized carbons (Fsp3) is 0.571. The highest BCUT2D eigenvalue weighted by molar-refractivity contribution is 7.89. The van der Waals surface area contributed by atoms with Gasteiger partial charge < -0.3 is 10.5 Å². The topological polar surface area (TPSA) is 72.6 Å². The van der Waals surface area contributed by atoms with Gasteiger partial charge in [-0.2, -0.15) is 4.31 Å². The van der Waals surface area contributed by atoms with Crippen LogP contribution < -0.4 is 10.5 Å². The maximum Gasteiger partial charge on any atom is 0.217 e. The Morgan fingerprint density at radius 1 is 1.40 bits per heavy atom. The van der Waals surface area contributed by atoms with E-state index in [0.717, 1.165) is 19.3 Å². The first-order chi connectivity index (χ1) is 9.49. The van der Waals surface area contributed by atoms with Crippen molar-refractivity contribution >= 4 is 15.7 Å². The van der Waals surface area contributed by atoms with Gasteiger partial charge in [-0.3, -0.25) is 0 Å². The summed E-state index contributed by atoms with van der Waals surface area (Å²) >= 11 is 0. The Morgan fingerprint density at radius 2 is 2.20 bits per heavy atom. The number of hydrogen-bond donors (Lipinski definition) is 1. The molecule has 0 saturated carbocycles. The zero-order valence-corrected chi connectivity index (χ0v) is 12.6. The smallest absolute Gasteiger partial charge is 0.217 e. The highest BCUT2D eigenvalue weighted by atomic mass is 32.2. The van der Waals surface area contributed by atoms with Crippen LogP contribution in [0.4, 0.5) is 5.69 Å². The van der Waals surface area contributed by atoms with Crippen LogP contribution in [0.15, 0.2) is 24.3 Å². The monoisotopic (exact) mass is 298 g/mol. The summed E-state index contributed by atoms with van der Waals surface area (Å²) in [6.45, 7) is 2.74. The zero-order valence-electron chi connectivity index (χ0n) is 11.8. The lowest BCUT2D eigenvalue weighted by Crippen LogP contribution is -2.43. The van der Waals surface area contributed by atoms with Crippen LogP contribution in [0.3, 0.4) is 0 Å². The summed E-state index contributed by atoms with van der Waals surface area (Å²) in [5.41, 5.74) is 6.25. The van der Waals surface area contributed by atoms with Crippen LogP contribution in [-0.4, -0.2) is 37.7 Å². The number of anilines is 1. The second kappa shape index (κ2) is 6.45. The number of ether oxygens (including phenoxy) is 1. The van der Waals surface area contributed by atoms with Crippen LogP contribution in [0.5, 0.6) is 5.75 Å². The third-order valence-electron chi connectivity index (χ3n) is 3.57. The highest BCUT2D eigenvalue weighted by Crippen LogP contribution is 2.20. The molecule has 0 bridgehead atoms. The average Bonchev–Trinajstić information content (AvgIpc) is 2.39. The van der Waals surface area contributed by atoms with E-state index in [2.05, 4.69) is 0 Å². The minimum absolute atomic E-state index is 0.00609. The molecule has 2 rings (SSSR count). The van der Waals surface area contributed by atoms with E-state index in [0.29, 0.717) is 18.0 Å². The summed E-state index contributed by atoms with van der Waals surface area (Å²) in [4.78, 5) is 0. The molecule has 0 spiro atoms. The van der Waals surface area contributed by atoms with E-state index < -0.39 is 10.0 Å². The Hall–Kier alpha value is -1.27. The van der Waals surface area contributed by atoms with Gasteiger partial charge in [-0.05, 0) is 31.9 Å². The fourth-order valence-corrected chi connectivity index (χ4v) is 4.06. The maximum atomic E-state index is 12.3. The van der Waals surface area contributed by atoms with Gasteiger partial charge in [0.1, 0.15) is 12.4 Å². The number of benzene rings is 1. The fourth-order valence-electron chi connectivity index (χ4n) is 2.47. The molecule has 1 unspecified atom stereocenters. The molecule has 20 heavy (non-hydrogen) atoms. The number of nitrogen functional groups attached to an aromatic ring is 1. The minimum Gasteiger partial charge on any atom is -0.492 e. The summed E-state index contributed by atoms with van der Waals surface area (Å²) in [5.74, 6) is 0.610. The number of hydrogen-bond acceptors (Lipinski definition) is 4. The lowest BCUT2D eigenvalue weighted by molar-refractivity contribution is 0.264. The summed E-state index contributed by atoms with van der Waals surface area (Å²) in [5, 5.41) is 0. The summed E-state index contributed by atoms with van der Waals surface area (Å²) in [7, 11) is -3.24. The van der Waals surface area contributed by atoms with Crippen molar-refractivity contribution in [3.8, 4) is 5.75 Å². The molecule has 1 aliphatic heterocycles. The van der Waals surface area contributed by atoms with Crippen molar-refractivity contribution in [3.63, 3.8) is 0 Å². The molecule has 0 aromatic heterocycles. The van der Waals surface area contributed by atoms with Gasteiger partial charge in [-0.15, -0.1) is 0 Å². The molecule has 0 aliphatic carbocycles. The van der Waals surface area contributed by atoms with E-state index in [4.69, 9.17) is 10.5 Å². The van der Waals surface area contributed by atoms with Gasteiger partial charge >= 0.3 is 0 Å². The normalized spacial score (nSPS) is 20.8. The Balaban J connectivity index is 1.89. The molecule has 1 atom stereocenters. The quantitative estimate of drug-likeness (QED) is 0.842. The van der Waals surface area contributed by atoms with Crippen LogP contribution in [0, 0.1) is 0 Å². The van der Waals surface area contributed by atoms with E-state index in [1.165, 1.54) is 0 Å². The number of piperidine rings is 1. The van der Waals surface area contributed by atoms with Gasteiger partial charge in [0.25, 0.3) is 0 Å². The lowest BCUT2D eigenvalue weighted by atomic mass is 10.1. The third-order valence-corrected chi connectivity index (χ3v) is 5.51. The molecule has 0 radical (unpaired) electrons. The largest absolute Gasteiger partial charge is 0.492 e. The van der Waals surface area contributed by atoms with Crippen molar-refractivity contribution in [3.05, 3.63) is 24.3 Å². The van der Waals surface area contributed by atoms with Crippen LogP contribution in [-0.2, 0) is 10.0 Å². The first-order valence-corrected chi connectivity index (χ1v) is 8.58. The zero-order chi connectivity index (χ0) is 14.6. The molecular formula is C14H22N2O3S. The Kier molecular flexibility index (Phi) is 4.88.